The molecule has 0 aromatic carbocycles. The van der Waals surface area contributed by atoms with Crippen molar-refractivity contribution in [2.75, 3.05) is 6.61 Å². The molecule has 0 radical (unpaired) electrons. The Morgan fingerprint density at radius 2 is 2.06 bits per heavy atom. The quantitative estimate of drug-likeness (QED) is 0.725. The van der Waals surface area contributed by atoms with Crippen molar-refractivity contribution >= 4 is 5.97 Å². The van der Waals surface area contributed by atoms with Crippen LogP contribution in [0.4, 0.5) is 0 Å². The molecule has 3 unspecified atom stereocenters. The third-order valence-corrected chi connectivity index (χ3v) is 3.91. The molecule has 0 aromatic rings. The Balaban J connectivity index is 2.38. The summed E-state index contributed by atoms with van der Waals surface area (Å²) < 4.78 is 5.83. The molecule has 0 aromatic heterocycles. The lowest BCUT2D eigenvalue weighted by Gasteiger charge is -2.22. The zero-order chi connectivity index (χ0) is 12.7. The minimum absolute atomic E-state index is 0.0564. The van der Waals surface area contributed by atoms with Crippen LogP contribution in [0.5, 0.6) is 0 Å². The van der Waals surface area contributed by atoms with Crippen molar-refractivity contribution in [3.05, 3.63) is 0 Å². The molecule has 3 heteroatoms. The van der Waals surface area contributed by atoms with Crippen LogP contribution in [0.25, 0.3) is 0 Å². The predicted octanol–water partition coefficient (Wildman–Crippen LogP) is 3.47. The Kier molecular flexibility index (Phi) is 6.56. The molecule has 17 heavy (non-hydrogen) atoms. The van der Waals surface area contributed by atoms with Gasteiger partial charge in [0.1, 0.15) is 0 Å². The number of ether oxygens (including phenoxy) is 1. The molecule has 1 aliphatic carbocycles. The third kappa shape index (κ3) is 5.07. The molecule has 1 saturated carbocycles. The van der Waals surface area contributed by atoms with Crippen LogP contribution in [0.15, 0.2) is 0 Å². The summed E-state index contributed by atoms with van der Waals surface area (Å²) in [6.07, 6.45) is 7.13. The van der Waals surface area contributed by atoms with Gasteiger partial charge in [0.2, 0.25) is 0 Å². The van der Waals surface area contributed by atoms with Gasteiger partial charge in [-0.05, 0) is 25.2 Å². The molecule has 0 heterocycles. The van der Waals surface area contributed by atoms with Crippen molar-refractivity contribution < 1.29 is 14.6 Å². The molecule has 1 rings (SSSR count). The first-order valence-corrected chi connectivity index (χ1v) is 6.99. The highest BCUT2D eigenvalue weighted by Gasteiger charge is 2.30. The lowest BCUT2D eigenvalue weighted by atomic mass is 9.97. The van der Waals surface area contributed by atoms with Gasteiger partial charge in [0.25, 0.3) is 0 Å². The maximum Gasteiger partial charge on any atom is 0.309 e. The summed E-state index contributed by atoms with van der Waals surface area (Å²) in [5.41, 5.74) is 0. The minimum atomic E-state index is -0.680. The van der Waals surface area contributed by atoms with Crippen molar-refractivity contribution in [3.63, 3.8) is 0 Å². The maximum atomic E-state index is 11.2. The van der Waals surface area contributed by atoms with Crippen molar-refractivity contribution in [1.82, 2.24) is 0 Å². The van der Waals surface area contributed by atoms with Crippen LogP contribution in [0.1, 0.15) is 58.8 Å². The van der Waals surface area contributed by atoms with Crippen molar-refractivity contribution in [2.24, 2.45) is 11.8 Å². The Morgan fingerprint density at radius 3 is 2.71 bits per heavy atom. The highest BCUT2D eigenvalue weighted by molar-refractivity contribution is 5.70. The summed E-state index contributed by atoms with van der Waals surface area (Å²) in [6, 6.07) is 0. The molecule has 0 aliphatic heterocycles. The third-order valence-electron chi connectivity index (χ3n) is 3.91. The number of hydrogen-bond donors (Lipinski definition) is 1. The van der Waals surface area contributed by atoms with E-state index in [1.165, 1.54) is 0 Å². The fourth-order valence-corrected chi connectivity index (χ4v) is 2.38. The predicted molar refractivity (Wildman–Crippen MR) is 68.0 cm³/mol. The smallest absolute Gasteiger partial charge is 0.309 e. The Hall–Kier alpha value is -0.570. The molecule has 3 atom stereocenters. The zero-order valence-corrected chi connectivity index (χ0v) is 11.2. The molecule has 1 N–H and O–H groups in total. The van der Waals surface area contributed by atoms with Gasteiger partial charge in [0.05, 0.1) is 12.0 Å². The number of carboxylic acids is 1. The van der Waals surface area contributed by atoms with Crippen molar-refractivity contribution in [1.29, 1.82) is 0 Å². The van der Waals surface area contributed by atoms with Crippen LogP contribution in [0.2, 0.25) is 0 Å². The number of aliphatic carboxylic acids is 1. The second-order valence-electron chi connectivity index (χ2n) is 5.29. The van der Waals surface area contributed by atoms with Gasteiger partial charge in [-0.3, -0.25) is 4.79 Å². The summed E-state index contributed by atoms with van der Waals surface area (Å²) in [4.78, 5) is 11.2. The Bertz CT molecular complexity index is 228. The zero-order valence-electron chi connectivity index (χ0n) is 11.2. The van der Waals surface area contributed by atoms with E-state index >= 15 is 0 Å². The highest BCUT2D eigenvalue weighted by atomic mass is 16.5. The van der Waals surface area contributed by atoms with Gasteiger partial charge in [-0.25, -0.2) is 0 Å². The summed E-state index contributed by atoms with van der Waals surface area (Å²) in [6.45, 7) is 5.10. The number of rotatable bonds is 6. The van der Waals surface area contributed by atoms with E-state index in [0.717, 1.165) is 44.9 Å². The van der Waals surface area contributed by atoms with E-state index in [-0.39, 0.29) is 12.0 Å². The molecular formula is C14H26O3. The average molecular weight is 242 g/mol. The molecule has 1 fully saturated rings. The molecule has 1 aliphatic rings. The van der Waals surface area contributed by atoms with Crippen LogP contribution >= 0.6 is 0 Å². The van der Waals surface area contributed by atoms with E-state index in [0.29, 0.717) is 12.5 Å². The van der Waals surface area contributed by atoms with E-state index in [2.05, 4.69) is 13.8 Å². The SMILES string of the molecule is CCC(C)CCOC1CCCCCC1C(=O)O. The summed E-state index contributed by atoms with van der Waals surface area (Å²) in [7, 11) is 0. The van der Waals surface area contributed by atoms with Gasteiger partial charge in [-0.2, -0.15) is 0 Å². The molecular weight excluding hydrogens is 216 g/mol. The van der Waals surface area contributed by atoms with Gasteiger partial charge in [0.15, 0.2) is 0 Å². The van der Waals surface area contributed by atoms with Crippen LogP contribution in [0.3, 0.4) is 0 Å². The first-order chi connectivity index (χ1) is 8.15. The van der Waals surface area contributed by atoms with Crippen LogP contribution in [-0.2, 0) is 9.53 Å². The van der Waals surface area contributed by atoms with E-state index in [1.54, 1.807) is 0 Å². The standard InChI is InChI=1S/C14H26O3/c1-3-11(2)9-10-17-13-8-6-4-5-7-12(13)14(15)16/h11-13H,3-10H2,1-2H3,(H,15,16). The monoisotopic (exact) mass is 242 g/mol. The first kappa shape index (κ1) is 14.5. The summed E-state index contributed by atoms with van der Waals surface area (Å²) in [5, 5.41) is 9.21. The van der Waals surface area contributed by atoms with Crippen molar-refractivity contribution in [2.45, 2.75) is 64.9 Å². The Morgan fingerprint density at radius 1 is 1.35 bits per heavy atom. The van der Waals surface area contributed by atoms with E-state index in [4.69, 9.17) is 4.74 Å². The largest absolute Gasteiger partial charge is 0.481 e. The number of carbonyl (C=O) groups is 1. The molecule has 0 bridgehead atoms. The molecule has 0 saturated heterocycles. The van der Waals surface area contributed by atoms with Gasteiger partial charge < -0.3 is 9.84 Å². The lowest BCUT2D eigenvalue weighted by molar-refractivity contribution is -0.148. The van der Waals surface area contributed by atoms with Gasteiger partial charge in [-0.1, -0.05) is 39.5 Å². The van der Waals surface area contributed by atoms with Gasteiger partial charge in [0, 0.05) is 6.61 Å². The topological polar surface area (TPSA) is 46.5 Å². The number of hydrogen-bond acceptors (Lipinski definition) is 2. The highest BCUT2D eigenvalue weighted by Crippen LogP contribution is 2.26. The van der Waals surface area contributed by atoms with E-state index in [9.17, 15) is 9.90 Å². The normalized spacial score (nSPS) is 27.4. The fraction of sp³-hybridized carbons (Fsp3) is 0.929. The minimum Gasteiger partial charge on any atom is -0.481 e. The molecule has 0 spiro atoms. The van der Waals surface area contributed by atoms with Gasteiger partial charge in [-0.15, -0.1) is 0 Å². The summed E-state index contributed by atoms with van der Waals surface area (Å²) in [5.74, 6) is -0.293. The van der Waals surface area contributed by atoms with Crippen LogP contribution < -0.4 is 0 Å². The second kappa shape index (κ2) is 7.70. The van der Waals surface area contributed by atoms with Crippen molar-refractivity contribution in [3.8, 4) is 0 Å². The Labute approximate surface area is 105 Å². The number of carboxylic acid groups (broad SMARTS) is 1. The van der Waals surface area contributed by atoms with Gasteiger partial charge >= 0.3 is 5.97 Å². The summed E-state index contributed by atoms with van der Waals surface area (Å²) >= 11 is 0. The van der Waals surface area contributed by atoms with E-state index in [1.807, 2.05) is 0 Å². The fourth-order valence-electron chi connectivity index (χ4n) is 2.38. The average Bonchev–Trinajstić information content (AvgIpc) is 2.54. The maximum absolute atomic E-state index is 11.2. The molecule has 100 valence electrons. The first-order valence-electron chi connectivity index (χ1n) is 6.99. The molecule has 0 amide bonds. The van der Waals surface area contributed by atoms with E-state index < -0.39 is 5.97 Å². The molecule has 3 nitrogen and oxygen atoms in total. The van der Waals surface area contributed by atoms with Crippen LogP contribution in [-0.4, -0.2) is 23.8 Å². The lowest BCUT2D eigenvalue weighted by Crippen LogP contribution is -2.30. The van der Waals surface area contributed by atoms with Crippen LogP contribution in [0, 0.1) is 11.8 Å². The second-order valence-corrected chi connectivity index (χ2v) is 5.29.